The third-order valence-corrected chi connectivity index (χ3v) is 9.39. The standard InChI is InChI=1S/C32H35F2N4O3S/c1-32(2,3)35-30-28-22-13-19-7-5-11-36-12-6-8-21(27(19)36)29(22)41-16-20(15-26(39)40-4)37(28)31-38(30)25(17-42-31)18-9-10-23(33)24(34)14-18/h9-10,13-14,17,20,35H,5-8,11-12,15-16H2,1-4H3/q+1. The molecule has 7 nitrogen and oxygen atoms in total. The fourth-order valence-corrected chi connectivity index (χ4v) is 7.89. The summed E-state index contributed by atoms with van der Waals surface area (Å²) in [4.78, 5) is 16.1. The number of ether oxygens (including phenoxy) is 2. The van der Waals surface area contributed by atoms with Gasteiger partial charge < -0.3 is 19.7 Å². The molecule has 2 aromatic heterocycles. The highest BCUT2D eigenvalue weighted by Gasteiger charge is 2.43. The van der Waals surface area contributed by atoms with Crippen LogP contribution in [-0.2, 0) is 22.4 Å². The number of aromatic nitrogens is 2. The number of carbonyl (C=O) groups is 1. The smallest absolute Gasteiger partial charge is 0.348 e. The van der Waals surface area contributed by atoms with Crippen LogP contribution in [0.2, 0.25) is 0 Å². The molecule has 7 rings (SSSR count). The Bertz CT molecular complexity index is 1740. The van der Waals surface area contributed by atoms with E-state index in [1.807, 2.05) is 5.38 Å². The highest BCUT2D eigenvalue weighted by Crippen LogP contribution is 2.49. The molecule has 4 aromatic rings. The normalized spacial score (nSPS) is 17.7. The molecule has 1 N–H and O–H groups in total. The Kier molecular flexibility index (Phi) is 6.45. The van der Waals surface area contributed by atoms with Crippen LogP contribution in [0.5, 0.6) is 5.75 Å². The molecule has 3 aliphatic rings. The topological polar surface area (TPSA) is 59.1 Å². The average Bonchev–Trinajstić information content (AvgIpc) is 3.46. The van der Waals surface area contributed by atoms with Crippen LogP contribution < -0.4 is 19.5 Å². The fourth-order valence-electron chi connectivity index (χ4n) is 6.78. The van der Waals surface area contributed by atoms with E-state index in [2.05, 4.69) is 46.0 Å². The van der Waals surface area contributed by atoms with Crippen molar-refractivity contribution in [2.45, 2.75) is 64.5 Å². The van der Waals surface area contributed by atoms with Gasteiger partial charge in [0.2, 0.25) is 11.5 Å². The molecule has 0 bridgehead atoms. The van der Waals surface area contributed by atoms with Crippen LogP contribution in [0, 0.1) is 11.6 Å². The lowest BCUT2D eigenvalue weighted by atomic mass is 9.88. The number of halogens is 2. The predicted molar refractivity (Wildman–Crippen MR) is 160 cm³/mol. The van der Waals surface area contributed by atoms with Crippen LogP contribution in [0.4, 0.5) is 20.3 Å². The van der Waals surface area contributed by atoms with E-state index in [-0.39, 0.29) is 24.0 Å². The summed E-state index contributed by atoms with van der Waals surface area (Å²) in [6, 6.07) is 5.96. The maximum Gasteiger partial charge on any atom is 0.348 e. The highest BCUT2D eigenvalue weighted by molar-refractivity contribution is 7.15. The number of nitrogens with zero attached hydrogens (tertiary/aromatic N) is 3. The maximum absolute atomic E-state index is 14.5. The van der Waals surface area contributed by atoms with Crippen molar-refractivity contribution in [1.29, 1.82) is 0 Å². The number of carbonyl (C=O) groups excluding carboxylic acids is 1. The molecule has 3 aliphatic heterocycles. The number of aryl methyl sites for hydroxylation is 1. The van der Waals surface area contributed by atoms with Crippen LogP contribution in [0.3, 0.4) is 0 Å². The van der Waals surface area contributed by atoms with Crippen molar-refractivity contribution in [3.63, 3.8) is 0 Å². The van der Waals surface area contributed by atoms with Crippen molar-refractivity contribution in [3.05, 3.63) is 52.4 Å². The zero-order chi connectivity index (χ0) is 29.3. The monoisotopic (exact) mass is 593 g/mol. The Labute approximate surface area is 247 Å². The molecule has 10 heteroatoms. The fraction of sp³-hybridized carbons (Fsp3) is 0.438. The molecular formula is C32H35F2N4O3S+. The van der Waals surface area contributed by atoms with Crippen LogP contribution in [0.15, 0.2) is 29.6 Å². The molecule has 0 spiro atoms. The van der Waals surface area contributed by atoms with E-state index in [1.165, 1.54) is 47.4 Å². The first-order valence-corrected chi connectivity index (χ1v) is 15.5. The zero-order valence-electron chi connectivity index (χ0n) is 24.4. The molecule has 0 saturated heterocycles. The van der Waals surface area contributed by atoms with E-state index >= 15 is 0 Å². The van der Waals surface area contributed by atoms with Gasteiger partial charge >= 0.3 is 10.9 Å². The van der Waals surface area contributed by atoms with Gasteiger partial charge in [-0.05, 0) is 76.3 Å². The molecule has 0 aliphatic carbocycles. The first kappa shape index (κ1) is 27.2. The number of benzene rings is 2. The Balaban J connectivity index is 1.57. The van der Waals surface area contributed by atoms with E-state index in [0.717, 1.165) is 72.3 Å². The van der Waals surface area contributed by atoms with Crippen molar-refractivity contribution >= 4 is 33.8 Å². The average molecular weight is 594 g/mol. The molecule has 0 radical (unpaired) electrons. The Hall–Kier alpha value is -3.66. The second kappa shape index (κ2) is 9.97. The Morgan fingerprint density at radius 3 is 2.69 bits per heavy atom. The molecule has 42 heavy (non-hydrogen) atoms. The molecule has 0 amide bonds. The molecule has 220 valence electrons. The summed E-state index contributed by atoms with van der Waals surface area (Å²) in [5.41, 5.74) is 6.80. The lowest BCUT2D eigenvalue weighted by Crippen LogP contribution is -2.43. The van der Waals surface area contributed by atoms with Gasteiger partial charge in [-0.25, -0.2) is 13.3 Å². The van der Waals surface area contributed by atoms with Gasteiger partial charge in [0.25, 0.3) is 0 Å². The number of hydrogen-bond donors (Lipinski definition) is 1. The number of imidazole rings is 1. The summed E-state index contributed by atoms with van der Waals surface area (Å²) < 4.78 is 44.5. The molecule has 1 atom stereocenters. The van der Waals surface area contributed by atoms with E-state index < -0.39 is 11.6 Å². The van der Waals surface area contributed by atoms with E-state index in [9.17, 15) is 13.6 Å². The summed E-state index contributed by atoms with van der Waals surface area (Å²) in [6.45, 7) is 8.71. The van der Waals surface area contributed by atoms with Crippen molar-refractivity contribution in [2.24, 2.45) is 0 Å². The van der Waals surface area contributed by atoms with Crippen LogP contribution >= 0.6 is 11.3 Å². The summed E-state index contributed by atoms with van der Waals surface area (Å²) >= 11 is 1.51. The molecule has 1 unspecified atom stereocenters. The minimum absolute atomic E-state index is 0.135. The molecule has 5 heterocycles. The van der Waals surface area contributed by atoms with Gasteiger partial charge in [-0.15, -0.1) is 0 Å². The molecule has 2 aromatic carbocycles. The minimum Gasteiger partial charge on any atom is -0.488 e. The summed E-state index contributed by atoms with van der Waals surface area (Å²) in [6.07, 6.45) is 4.25. The first-order valence-electron chi connectivity index (χ1n) is 14.6. The van der Waals surface area contributed by atoms with Gasteiger partial charge in [-0.3, -0.25) is 4.79 Å². The number of hydrogen-bond acceptors (Lipinski definition) is 6. The lowest BCUT2D eigenvalue weighted by molar-refractivity contribution is -0.684. The predicted octanol–water partition coefficient (Wildman–Crippen LogP) is 6.31. The third-order valence-electron chi connectivity index (χ3n) is 8.45. The van der Waals surface area contributed by atoms with Crippen molar-refractivity contribution in [1.82, 2.24) is 4.40 Å². The molecule has 0 fully saturated rings. The lowest BCUT2D eigenvalue weighted by Gasteiger charge is -2.38. The van der Waals surface area contributed by atoms with Gasteiger partial charge in [-0.1, -0.05) is 11.3 Å². The maximum atomic E-state index is 14.5. The van der Waals surface area contributed by atoms with Crippen molar-refractivity contribution in [2.75, 3.05) is 37.0 Å². The number of fused-ring (bicyclic) bond motifs is 6. The van der Waals surface area contributed by atoms with Crippen LogP contribution in [-0.4, -0.2) is 42.7 Å². The van der Waals surface area contributed by atoms with E-state index in [1.54, 1.807) is 6.07 Å². The number of methoxy groups -OCH3 is 1. The van der Waals surface area contributed by atoms with Gasteiger partial charge in [-0.2, -0.15) is 4.40 Å². The summed E-state index contributed by atoms with van der Waals surface area (Å²) in [5, 5.41) is 5.71. The first-order chi connectivity index (χ1) is 20.1. The van der Waals surface area contributed by atoms with E-state index in [0.29, 0.717) is 12.2 Å². The van der Waals surface area contributed by atoms with E-state index in [4.69, 9.17) is 9.47 Å². The van der Waals surface area contributed by atoms with Gasteiger partial charge in [0.05, 0.1) is 19.1 Å². The van der Waals surface area contributed by atoms with Crippen LogP contribution in [0.1, 0.15) is 57.2 Å². The summed E-state index contributed by atoms with van der Waals surface area (Å²) in [5.74, 6) is -0.382. The number of nitrogens with one attached hydrogen (secondary N) is 1. The number of anilines is 2. The van der Waals surface area contributed by atoms with Crippen LogP contribution in [0.25, 0.3) is 27.5 Å². The number of esters is 1. The quantitative estimate of drug-likeness (QED) is 0.222. The Morgan fingerprint density at radius 2 is 1.95 bits per heavy atom. The third kappa shape index (κ3) is 4.33. The second-order valence-corrected chi connectivity index (χ2v) is 13.3. The Morgan fingerprint density at radius 1 is 1.17 bits per heavy atom. The minimum atomic E-state index is -0.892. The second-order valence-electron chi connectivity index (χ2n) is 12.5. The number of thiazole rings is 1. The van der Waals surface area contributed by atoms with Gasteiger partial charge in [0, 0.05) is 40.8 Å². The summed E-state index contributed by atoms with van der Waals surface area (Å²) in [7, 11) is 1.40. The SMILES string of the molecule is COC(=O)CC1COc2c(cc3c4c2CCCN4CCC3)-c2c(NC(C)(C)C)n3c(-c4ccc(F)c(F)c4)csc3[n+]21. The molecule has 0 saturated carbocycles. The van der Waals surface area contributed by atoms with Crippen molar-refractivity contribution in [3.8, 4) is 28.3 Å². The molecular weight excluding hydrogens is 558 g/mol. The van der Waals surface area contributed by atoms with Crippen molar-refractivity contribution < 1.29 is 27.6 Å². The number of rotatable bonds is 4. The zero-order valence-corrected chi connectivity index (χ0v) is 25.2. The van der Waals surface area contributed by atoms with Gasteiger partial charge in [0.1, 0.15) is 18.4 Å². The highest BCUT2D eigenvalue weighted by atomic mass is 32.1. The largest absolute Gasteiger partial charge is 0.488 e. The van der Waals surface area contributed by atoms with Gasteiger partial charge in [0.15, 0.2) is 17.3 Å².